The highest BCUT2D eigenvalue weighted by atomic mass is 16.5. The topological polar surface area (TPSA) is 79.9 Å². The lowest BCUT2D eigenvalue weighted by Gasteiger charge is -2.26. The molecule has 5 heteroatoms. The third-order valence-corrected chi connectivity index (χ3v) is 3.99. The van der Waals surface area contributed by atoms with Crippen LogP contribution in [-0.2, 0) is 13.2 Å². The van der Waals surface area contributed by atoms with Crippen LogP contribution in [0.5, 0.6) is 5.75 Å². The third kappa shape index (κ3) is 3.63. The van der Waals surface area contributed by atoms with Crippen molar-refractivity contribution in [1.29, 1.82) is 0 Å². The molecule has 0 bridgehead atoms. The van der Waals surface area contributed by atoms with Gasteiger partial charge in [-0.3, -0.25) is 0 Å². The molecule has 1 unspecified atom stereocenters. The van der Waals surface area contributed by atoms with Crippen LogP contribution in [0, 0.1) is 0 Å². The Morgan fingerprint density at radius 1 is 1.17 bits per heavy atom. The average molecular weight is 311 g/mol. The van der Waals surface area contributed by atoms with Gasteiger partial charge in [-0.25, -0.2) is 4.99 Å². The minimum absolute atomic E-state index is 0.00632. The van der Waals surface area contributed by atoms with Crippen molar-refractivity contribution in [2.45, 2.75) is 25.6 Å². The van der Waals surface area contributed by atoms with Gasteiger partial charge < -0.3 is 20.9 Å². The van der Waals surface area contributed by atoms with Crippen LogP contribution in [0.15, 0.2) is 53.5 Å². The molecule has 0 aliphatic carbocycles. The lowest BCUT2D eigenvalue weighted by Crippen LogP contribution is -2.37. The van der Waals surface area contributed by atoms with Crippen molar-refractivity contribution in [2.24, 2.45) is 10.7 Å². The molecule has 0 amide bonds. The van der Waals surface area contributed by atoms with Crippen molar-refractivity contribution in [2.75, 3.05) is 6.61 Å². The van der Waals surface area contributed by atoms with E-state index >= 15 is 0 Å². The highest BCUT2D eigenvalue weighted by Crippen LogP contribution is 2.31. The lowest BCUT2D eigenvalue weighted by molar-refractivity contribution is 0.262. The SMILES string of the molecule is NC(=NCc1ccccc1CO)NC1CCOc2ccccc21. The van der Waals surface area contributed by atoms with E-state index < -0.39 is 0 Å². The summed E-state index contributed by atoms with van der Waals surface area (Å²) in [5.74, 6) is 1.30. The van der Waals surface area contributed by atoms with Gasteiger partial charge in [-0.05, 0) is 17.2 Å². The van der Waals surface area contributed by atoms with E-state index in [1.807, 2.05) is 48.5 Å². The molecule has 0 radical (unpaired) electrons. The summed E-state index contributed by atoms with van der Waals surface area (Å²) in [7, 11) is 0. The number of para-hydroxylation sites is 1. The fraction of sp³-hybridized carbons (Fsp3) is 0.278. The molecule has 2 aromatic carbocycles. The molecule has 0 saturated carbocycles. The van der Waals surface area contributed by atoms with Gasteiger partial charge >= 0.3 is 0 Å². The molecule has 2 aromatic rings. The Bertz CT molecular complexity index is 700. The number of benzene rings is 2. The van der Waals surface area contributed by atoms with Gasteiger partial charge in [0.15, 0.2) is 5.96 Å². The van der Waals surface area contributed by atoms with Crippen LogP contribution >= 0.6 is 0 Å². The van der Waals surface area contributed by atoms with Gasteiger partial charge in [0.2, 0.25) is 0 Å². The molecule has 0 spiro atoms. The molecule has 1 heterocycles. The van der Waals surface area contributed by atoms with Gasteiger partial charge in [0.25, 0.3) is 0 Å². The molecule has 0 fully saturated rings. The van der Waals surface area contributed by atoms with Crippen LogP contribution in [0.1, 0.15) is 29.2 Å². The number of nitrogens with zero attached hydrogens (tertiary/aromatic N) is 1. The molecular formula is C18H21N3O2. The van der Waals surface area contributed by atoms with Crippen molar-refractivity contribution in [1.82, 2.24) is 5.32 Å². The van der Waals surface area contributed by atoms with E-state index in [2.05, 4.69) is 10.3 Å². The van der Waals surface area contributed by atoms with Crippen LogP contribution in [0.3, 0.4) is 0 Å². The Morgan fingerprint density at radius 2 is 1.91 bits per heavy atom. The molecule has 4 N–H and O–H groups in total. The van der Waals surface area contributed by atoms with Crippen molar-refractivity contribution in [3.8, 4) is 5.75 Å². The largest absolute Gasteiger partial charge is 0.493 e. The number of fused-ring (bicyclic) bond motifs is 1. The molecule has 1 aliphatic heterocycles. The van der Waals surface area contributed by atoms with Gasteiger partial charge in [-0.1, -0.05) is 42.5 Å². The molecule has 3 rings (SSSR count). The number of aliphatic imine (C=N–C) groups is 1. The molecule has 5 nitrogen and oxygen atoms in total. The second kappa shape index (κ2) is 7.15. The number of nitrogens with one attached hydrogen (secondary N) is 1. The maximum Gasteiger partial charge on any atom is 0.189 e. The summed E-state index contributed by atoms with van der Waals surface area (Å²) in [4.78, 5) is 4.40. The Morgan fingerprint density at radius 3 is 2.74 bits per heavy atom. The van der Waals surface area contributed by atoms with E-state index in [0.717, 1.165) is 28.9 Å². The molecule has 1 atom stereocenters. The first-order valence-electron chi connectivity index (χ1n) is 7.73. The van der Waals surface area contributed by atoms with Gasteiger partial charge in [0.1, 0.15) is 5.75 Å². The normalized spacial score (nSPS) is 17.3. The summed E-state index contributed by atoms with van der Waals surface area (Å²) < 4.78 is 5.65. The highest BCUT2D eigenvalue weighted by molar-refractivity contribution is 5.78. The van der Waals surface area contributed by atoms with Gasteiger partial charge in [0, 0.05) is 12.0 Å². The summed E-state index contributed by atoms with van der Waals surface area (Å²) in [5, 5.41) is 12.6. The molecule has 120 valence electrons. The minimum Gasteiger partial charge on any atom is -0.493 e. The fourth-order valence-electron chi connectivity index (χ4n) is 2.75. The Kier molecular flexibility index (Phi) is 4.78. The van der Waals surface area contributed by atoms with Gasteiger partial charge in [-0.15, -0.1) is 0 Å². The summed E-state index contributed by atoms with van der Waals surface area (Å²) in [6.45, 7) is 1.11. The molecule has 23 heavy (non-hydrogen) atoms. The molecule has 1 aliphatic rings. The van der Waals surface area contributed by atoms with E-state index in [4.69, 9.17) is 10.5 Å². The fourth-order valence-corrected chi connectivity index (χ4v) is 2.75. The first-order chi connectivity index (χ1) is 11.3. The number of hydrogen-bond donors (Lipinski definition) is 3. The smallest absolute Gasteiger partial charge is 0.189 e. The number of aliphatic hydroxyl groups excluding tert-OH is 1. The number of rotatable bonds is 4. The first kappa shape index (κ1) is 15.4. The van der Waals surface area contributed by atoms with E-state index in [1.54, 1.807) is 0 Å². The summed E-state index contributed by atoms with van der Waals surface area (Å²) >= 11 is 0. The van der Waals surface area contributed by atoms with Crippen LogP contribution in [0.4, 0.5) is 0 Å². The van der Waals surface area contributed by atoms with Crippen LogP contribution < -0.4 is 15.8 Å². The van der Waals surface area contributed by atoms with Gasteiger partial charge in [-0.2, -0.15) is 0 Å². The average Bonchev–Trinajstić information content (AvgIpc) is 2.60. The third-order valence-electron chi connectivity index (χ3n) is 3.99. The van der Waals surface area contributed by atoms with Crippen LogP contribution in [0.2, 0.25) is 0 Å². The van der Waals surface area contributed by atoms with E-state index in [9.17, 15) is 5.11 Å². The quantitative estimate of drug-likeness (QED) is 0.597. The summed E-state index contributed by atoms with van der Waals surface area (Å²) in [6.07, 6.45) is 0.848. The zero-order valence-corrected chi connectivity index (χ0v) is 12.9. The number of aliphatic hydroxyl groups is 1. The highest BCUT2D eigenvalue weighted by Gasteiger charge is 2.21. The molecule has 0 aromatic heterocycles. The van der Waals surface area contributed by atoms with Crippen molar-refractivity contribution in [3.05, 3.63) is 65.2 Å². The Labute approximate surface area is 135 Å². The maximum absolute atomic E-state index is 9.34. The number of ether oxygens (including phenoxy) is 1. The standard InChI is InChI=1S/C18H21N3O2/c19-18(20-11-13-5-1-2-6-14(13)12-22)21-16-9-10-23-17-8-4-3-7-15(16)17/h1-8,16,22H,9-12H2,(H3,19,20,21). The predicted octanol–water partition coefficient (Wildman–Crippen LogP) is 2.11. The second-order valence-electron chi connectivity index (χ2n) is 5.50. The lowest BCUT2D eigenvalue weighted by atomic mass is 10.0. The first-order valence-corrected chi connectivity index (χ1v) is 7.73. The molecule has 0 saturated heterocycles. The number of guanidine groups is 1. The maximum atomic E-state index is 9.34. The predicted molar refractivity (Wildman–Crippen MR) is 90.1 cm³/mol. The monoisotopic (exact) mass is 311 g/mol. The van der Waals surface area contributed by atoms with Crippen molar-refractivity contribution in [3.63, 3.8) is 0 Å². The van der Waals surface area contributed by atoms with E-state index in [-0.39, 0.29) is 12.6 Å². The van der Waals surface area contributed by atoms with E-state index in [0.29, 0.717) is 19.1 Å². The second-order valence-corrected chi connectivity index (χ2v) is 5.50. The number of hydrogen-bond acceptors (Lipinski definition) is 3. The minimum atomic E-state index is 0.00632. The van der Waals surface area contributed by atoms with Gasteiger partial charge in [0.05, 0.1) is 25.8 Å². The summed E-state index contributed by atoms with van der Waals surface area (Å²) in [6, 6.07) is 15.7. The zero-order chi connectivity index (χ0) is 16.1. The molecular weight excluding hydrogens is 290 g/mol. The zero-order valence-electron chi connectivity index (χ0n) is 12.9. The van der Waals surface area contributed by atoms with Crippen LogP contribution in [-0.4, -0.2) is 17.7 Å². The number of nitrogens with two attached hydrogens (primary N) is 1. The Balaban J connectivity index is 1.69. The van der Waals surface area contributed by atoms with E-state index in [1.165, 1.54) is 0 Å². The van der Waals surface area contributed by atoms with Crippen LogP contribution in [0.25, 0.3) is 0 Å². The van der Waals surface area contributed by atoms with Crippen molar-refractivity contribution >= 4 is 5.96 Å². The van der Waals surface area contributed by atoms with Crippen molar-refractivity contribution < 1.29 is 9.84 Å². The Hall–Kier alpha value is -2.53. The summed E-state index contributed by atoms with van der Waals surface area (Å²) in [5.41, 5.74) is 9.00.